The number of piperazine rings is 1. The zero-order valence-corrected chi connectivity index (χ0v) is 24.8. The maximum atomic E-state index is 13.3. The predicted octanol–water partition coefficient (Wildman–Crippen LogP) is 4.17. The average Bonchev–Trinajstić information content (AvgIpc) is 3.47. The Bertz CT molecular complexity index is 1360. The fourth-order valence-electron chi connectivity index (χ4n) is 4.11. The van der Waals surface area contributed by atoms with E-state index in [4.69, 9.17) is 4.74 Å². The normalized spacial score (nSPS) is 15.7. The van der Waals surface area contributed by atoms with Gasteiger partial charge in [-0.15, -0.1) is 22.7 Å². The molecular formula is C26H33N7O4S2. The van der Waals surface area contributed by atoms with Gasteiger partial charge in [0.05, 0.1) is 33.4 Å². The van der Waals surface area contributed by atoms with Gasteiger partial charge in [-0.05, 0) is 46.8 Å². The van der Waals surface area contributed by atoms with Gasteiger partial charge < -0.3 is 19.9 Å². The molecule has 208 valence electrons. The lowest BCUT2D eigenvalue weighted by molar-refractivity contribution is -0.136. The van der Waals surface area contributed by atoms with Crippen molar-refractivity contribution in [1.82, 2.24) is 29.7 Å². The number of carbonyl (C=O) groups is 3. The van der Waals surface area contributed by atoms with Crippen molar-refractivity contribution in [3.8, 4) is 10.6 Å². The SMILES string of the molecule is Cc1nc(C)c(-c2csc(Nc3ccc(C(=O)N4CCN(C(=O)OC(C)(C)C)C(C(=O)N(C)C)C4)cn3)n2)s1. The highest BCUT2D eigenvalue weighted by atomic mass is 32.1. The summed E-state index contributed by atoms with van der Waals surface area (Å²) < 4.78 is 5.50. The number of likely N-dealkylation sites (N-methyl/N-ethyl adjacent to an activating group) is 1. The molecule has 3 aromatic rings. The van der Waals surface area contributed by atoms with Crippen LogP contribution in [0.4, 0.5) is 15.7 Å². The van der Waals surface area contributed by atoms with Gasteiger partial charge in [-0.2, -0.15) is 0 Å². The van der Waals surface area contributed by atoms with Gasteiger partial charge in [0, 0.05) is 38.8 Å². The third kappa shape index (κ3) is 6.71. The van der Waals surface area contributed by atoms with E-state index in [0.717, 1.165) is 21.3 Å². The van der Waals surface area contributed by atoms with E-state index in [9.17, 15) is 14.4 Å². The van der Waals surface area contributed by atoms with Gasteiger partial charge in [-0.1, -0.05) is 0 Å². The highest BCUT2D eigenvalue weighted by Gasteiger charge is 2.39. The molecule has 0 spiro atoms. The number of hydrogen-bond acceptors (Lipinski definition) is 10. The van der Waals surface area contributed by atoms with Crippen LogP contribution in [0, 0.1) is 13.8 Å². The fourth-order valence-corrected chi connectivity index (χ4v) is 5.77. The summed E-state index contributed by atoms with van der Waals surface area (Å²) in [5, 5.41) is 6.84. The van der Waals surface area contributed by atoms with Gasteiger partial charge in [0.1, 0.15) is 17.5 Å². The van der Waals surface area contributed by atoms with E-state index in [2.05, 4.69) is 20.3 Å². The molecule has 0 radical (unpaired) electrons. The second-order valence-corrected chi connectivity index (χ2v) is 12.5. The summed E-state index contributed by atoms with van der Waals surface area (Å²) in [6, 6.07) is 2.56. The van der Waals surface area contributed by atoms with Crippen LogP contribution in [0.5, 0.6) is 0 Å². The van der Waals surface area contributed by atoms with Crippen molar-refractivity contribution >= 4 is 51.5 Å². The van der Waals surface area contributed by atoms with Crippen LogP contribution >= 0.6 is 22.7 Å². The number of aryl methyl sites for hydroxylation is 2. The first kappa shape index (κ1) is 28.4. The van der Waals surface area contributed by atoms with E-state index < -0.39 is 17.7 Å². The summed E-state index contributed by atoms with van der Waals surface area (Å²) in [7, 11) is 3.24. The van der Waals surface area contributed by atoms with Gasteiger partial charge in [0.15, 0.2) is 5.13 Å². The molecule has 1 fully saturated rings. The standard InChI is InChI=1S/C26H33N7O4S2/c1-15-21(39-16(2)28-15)18-14-38-24(29-18)30-20-9-8-17(12-27-20)22(34)32-10-11-33(25(36)37-26(3,4)5)19(13-32)23(35)31(6)7/h8-9,12,14,19H,10-11,13H2,1-7H3,(H,27,29,30). The van der Waals surface area contributed by atoms with Crippen LogP contribution in [0.3, 0.4) is 0 Å². The summed E-state index contributed by atoms with van der Waals surface area (Å²) >= 11 is 3.07. The van der Waals surface area contributed by atoms with E-state index in [1.165, 1.54) is 27.3 Å². The Morgan fingerprint density at radius 1 is 1.13 bits per heavy atom. The van der Waals surface area contributed by atoms with E-state index in [1.54, 1.807) is 63.2 Å². The molecule has 1 aliphatic rings. The molecule has 1 N–H and O–H groups in total. The highest BCUT2D eigenvalue weighted by molar-refractivity contribution is 7.16. The summed E-state index contributed by atoms with van der Waals surface area (Å²) in [5.74, 6) is 0.0182. The van der Waals surface area contributed by atoms with E-state index >= 15 is 0 Å². The minimum Gasteiger partial charge on any atom is -0.444 e. The zero-order valence-electron chi connectivity index (χ0n) is 23.1. The van der Waals surface area contributed by atoms with Crippen LogP contribution in [0.15, 0.2) is 23.7 Å². The first-order valence-electron chi connectivity index (χ1n) is 12.5. The number of aromatic nitrogens is 3. The molecule has 4 heterocycles. The Labute approximate surface area is 235 Å². The lowest BCUT2D eigenvalue weighted by atomic mass is 10.1. The molecule has 0 saturated carbocycles. The highest BCUT2D eigenvalue weighted by Crippen LogP contribution is 2.32. The molecule has 1 saturated heterocycles. The van der Waals surface area contributed by atoms with Crippen molar-refractivity contribution in [2.75, 3.05) is 39.0 Å². The summed E-state index contributed by atoms with van der Waals surface area (Å²) in [5.41, 5.74) is 1.51. The van der Waals surface area contributed by atoms with Crippen LogP contribution < -0.4 is 5.32 Å². The van der Waals surface area contributed by atoms with Gasteiger partial charge in [0.2, 0.25) is 5.91 Å². The van der Waals surface area contributed by atoms with E-state index in [0.29, 0.717) is 16.5 Å². The number of nitrogens with zero attached hydrogens (tertiary/aromatic N) is 6. The van der Waals surface area contributed by atoms with Crippen LogP contribution in [-0.2, 0) is 9.53 Å². The molecule has 1 atom stereocenters. The molecule has 0 aromatic carbocycles. The number of rotatable bonds is 5. The average molecular weight is 572 g/mol. The van der Waals surface area contributed by atoms with Crippen LogP contribution in [0.1, 0.15) is 41.8 Å². The van der Waals surface area contributed by atoms with E-state index in [-0.39, 0.29) is 31.4 Å². The molecule has 1 aliphatic heterocycles. The Balaban J connectivity index is 1.43. The maximum absolute atomic E-state index is 13.3. The van der Waals surface area contributed by atoms with Crippen molar-refractivity contribution in [1.29, 1.82) is 0 Å². The molecule has 3 amide bonds. The summed E-state index contributed by atoms with van der Waals surface area (Å²) in [6.45, 7) is 9.78. The number of thiazole rings is 2. The summed E-state index contributed by atoms with van der Waals surface area (Å²) in [4.78, 5) is 58.0. The smallest absolute Gasteiger partial charge is 0.411 e. The van der Waals surface area contributed by atoms with Crippen molar-refractivity contribution in [2.45, 2.75) is 46.3 Å². The number of hydrogen-bond donors (Lipinski definition) is 1. The molecular weight excluding hydrogens is 538 g/mol. The lowest BCUT2D eigenvalue weighted by Gasteiger charge is -2.41. The molecule has 0 aliphatic carbocycles. The molecule has 39 heavy (non-hydrogen) atoms. The number of anilines is 2. The maximum Gasteiger partial charge on any atom is 0.411 e. The van der Waals surface area contributed by atoms with Crippen molar-refractivity contribution < 1.29 is 19.1 Å². The van der Waals surface area contributed by atoms with Gasteiger partial charge in [-0.3, -0.25) is 14.5 Å². The quantitative estimate of drug-likeness (QED) is 0.484. The van der Waals surface area contributed by atoms with Crippen LogP contribution in [-0.4, -0.2) is 92.9 Å². The predicted molar refractivity (Wildman–Crippen MR) is 152 cm³/mol. The largest absolute Gasteiger partial charge is 0.444 e. The van der Waals surface area contributed by atoms with Gasteiger partial charge >= 0.3 is 6.09 Å². The Hall–Kier alpha value is -3.58. The minimum atomic E-state index is -0.841. The topological polar surface area (TPSA) is 121 Å². The third-order valence-electron chi connectivity index (χ3n) is 5.91. The summed E-state index contributed by atoms with van der Waals surface area (Å²) in [6.07, 6.45) is 0.927. The third-order valence-corrected chi connectivity index (χ3v) is 7.76. The Morgan fingerprint density at radius 3 is 2.46 bits per heavy atom. The van der Waals surface area contributed by atoms with Crippen LogP contribution in [0.25, 0.3) is 10.6 Å². The van der Waals surface area contributed by atoms with Gasteiger partial charge in [-0.25, -0.2) is 19.7 Å². The molecule has 11 nitrogen and oxygen atoms in total. The minimum absolute atomic E-state index is 0.0629. The van der Waals surface area contributed by atoms with Crippen molar-refractivity contribution in [2.24, 2.45) is 0 Å². The molecule has 3 aromatic heterocycles. The number of pyridine rings is 1. The molecule has 0 bridgehead atoms. The number of nitrogens with one attached hydrogen (secondary N) is 1. The van der Waals surface area contributed by atoms with Crippen LogP contribution in [0.2, 0.25) is 0 Å². The monoisotopic (exact) mass is 571 g/mol. The Morgan fingerprint density at radius 2 is 1.87 bits per heavy atom. The molecule has 13 heteroatoms. The van der Waals surface area contributed by atoms with Crippen molar-refractivity contribution in [3.63, 3.8) is 0 Å². The first-order chi connectivity index (χ1) is 18.3. The number of carbonyl (C=O) groups excluding carboxylic acids is 3. The lowest BCUT2D eigenvalue weighted by Crippen LogP contribution is -2.61. The van der Waals surface area contributed by atoms with E-state index in [1.807, 2.05) is 19.2 Å². The zero-order chi connectivity index (χ0) is 28.5. The second kappa shape index (κ2) is 11.3. The Kier molecular flexibility index (Phi) is 8.21. The molecule has 4 rings (SSSR count). The molecule has 1 unspecified atom stereocenters. The number of ether oxygens (including phenoxy) is 1. The second-order valence-electron chi connectivity index (χ2n) is 10.4. The van der Waals surface area contributed by atoms with Crippen molar-refractivity contribution in [3.05, 3.63) is 40.0 Å². The first-order valence-corrected chi connectivity index (χ1v) is 14.1. The fraction of sp³-hybridized carbons (Fsp3) is 0.462. The number of amides is 3. The van der Waals surface area contributed by atoms with Gasteiger partial charge in [0.25, 0.3) is 5.91 Å².